The molecule has 2 aromatic carbocycles. The SMILES string of the molecule is CC(C)(C)OC(=O)Nc1c(-c2cc(Cl)c(Cl)cc2Cl)cccc1[N+](=O)[O-]. The van der Waals surface area contributed by atoms with Gasteiger partial charge in [-0.1, -0.05) is 46.9 Å². The molecule has 0 atom stereocenters. The lowest BCUT2D eigenvalue weighted by molar-refractivity contribution is -0.383. The number of benzene rings is 2. The van der Waals surface area contributed by atoms with E-state index >= 15 is 0 Å². The minimum absolute atomic E-state index is 0.0490. The van der Waals surface area contributed by atoms with E-state index in [2.05, 4.69) is 5.32 Å². The Kier molecular flexibility index (Phi) is 6.01. The van der Waals surface area contributed by atoms with Gasteiger partial charge in [-0.3, -0.25) is 15.4 Å². The van der Waals surface area contributed by atoms with Crippen molar-refractivity contribution in [2.45, 2.75) is 26.4 Å². The number of nitrogens with zero attached hydrogens (tertiary/aromatic N) is 1. The summed E-state index contributed by atoms with van der Waals surface area (Å²) >= 11 is 18.2. The molecule has 2 aromatic rings. The van der Waals surface area contributed by atoms with Crippen molar-refractivity contribution in [3.05, 3.63) is 55.5 Å². The first kappa shape index (κ1) is 20.3. The van der Waals surface area contributed by atoms with Gasteiger partial charge in [0.1, 0.15) is 11.3 Å². The van der Waals surface area contributed by atoms with Crippen molar-refractivity contribution in [3.8, 4) is 11.1 Å². The van der Waals surface area contributed by atoms with Crippen LogP contribution in [0, 0.1) is 10.1 Å². The van der Waals surface area contributed by atoms with E-state index in [1.54, 1.807) is 26.8 Å². The Morgan fingerprint density at radius 2 is 1.69 bits per heavy atom. The normalized spacial score (nSPS) is 11.2. The van der Waals surface area contributed by atoms with Crippen molar-refractivity contribution in [1.82, 2.24) is 0 Å². The molecule has 0 bridgehead atoms. The van der Waals surface area contributed by atoms with Crippen LogP contribution in [-0.2, 0) is 4.74 Å². The molecule has 26 heavy (non-hydrogen) atoms. The molecule has 0 radical (unpaired) electrons. The van der Waals surface area contributed by atoms with Gasteiger partial charge in [0.05, 0.1) is 20.0 Å². The zero-order chi connectivity index (χ0) is 19.6. The average Bonchev–Trinajstić information content (AvgIpc) is 2.49. The second kappa shape index (κ2) is 7.70. The molecule has 0 saturated carbocycles. The Balaban J connectivity index is 2.61. The summed E-state index contributed by atoms with van der Waals surface area (Å²) in [6, 6.07) is 7.22. The molecule has 0 aliphatic rings. The number of rotatable bonds is 3. The van der Waals surface area contributed by atoms with Gasteiger partial charge in [-0.2, -0.15) is 0 Å². The zero-order valence-corrected chi connectivity index (χ0v) is 16.4. The second-order valence-corrected chi connectivity index (χ2v) is 7.55. The predicted octanol–water partition coefficient (Wildman–Crippen LogP) is 6.57. The fraction of sp³-hybridized carbons (Fsp3) is 0.235. The van der Waals surface area contributed by atoms with E-state index in [9.17, 15) is 14.9 Å². The molecule has 6 nitrogen and oxygen atoms in total. The number of anilines is 1. The van der Waals surface area contributed by atoms with Crippen molar-refractivity contribution in [3.63, 3.8) is 0 Å². The van der Waals surface area contributed by atoms with Crippen LogP contribution in [0.2, 0.25) is 15.1 Å². The lowest BCUT2D eigenvalue weighted by Gasteiger charge is -2.20. The van der Waals surface area contributed by atoms with Gasteiger partial charge >= 0.3 is 6.09 Å². The van der Waals surface area contributed by atoms with Gasteiger partial charge in [0.15, 0.2) is 0 Å². The third-order valence-electron chi connectivity index (χ3n) is 3.17. The van der Waals surface area contributed by atoms with Crippen LogP contribution in [0.15, 0.2) is 30.3 Å². The summed E-state index contributed by atoms with van der Waals surface area (Å²) in [4.78, 5) is 23.0. The van der Waals surface area contributed by atoms with Crippen molar-refractivity contribution in [2.24, 2.45) is 0 Å². The van der Waals surface area contributed by atoms with E-state index in [4.69, 9.17) is 39.5 Å². The molecule has 1 N–H and O–H groups in total. The maximum absolute atomic E-state index is 12.2. The number of hydrogen-bond donors (Lipinski definition) is 1. The van der Waals surface area contributed by atoms with Gasteiger partial charge in [-0.05, 0) is 32.9 Å². The first-order chi connectivity index (χ1) is 12.0. The van der Waals surface area contributed by atoms with Crippen molar-refractivity contribution in [2.75, 3.05) is 5.32 Å². The summed E-state index contributed by atoms with van der Waals surface area (Å²) < 4.78 is 5.19. The summed E-state index contributed by atoms with van der Waals surface area (Å²) in [5, 5.41) is 14.5. The third kappa shape index (κ3) is 4.78. The molecule has 0 aromatic heterocycles. The first-order valence-corrected chi connectivity index (χ1v) is 8.55. The monoisotopic (exact) mass is 416 g/mol. The number of para-hydroxylation sites is 1. The Morgan fingerprint density at radius 1 is 1.08 bits per heavy atom. The highest BCUT2D eigenvalue weighted by Crippen LogP contribution is 2.41. The summed E-state index contributed by atoms with van der Waals surface area (Å²) in [7, 11) is 0. The highest BCUT2D eigenvalue weighted by Gasteiger charge is 2.25. The first-order valence-electron chi connectivity index (χ1n) is 7.42. The summed E-state index contributed by atoms with van der Waals surface area (Å²) in [6.45, 7) is 5.05. The van der Waals surface area contributed by atoms with Crippen LogP contribution in [0.25, 0.3) is 11.1 Å². The lowest BCUT2D eigenvalue weighted by Crippen LogP contribution is -2.27. The number of carbonyl (C=O) groups is 1. The molecule has 2 rings (SSSR count). The smallest absolute Gasteiger partial charge is 0.412 e. The largest absolute Gasteiger partial charge is 0.444 e. The fourth-order valence-corrected chi connectivity index (χ4v) is 2.83. The number of amides is 1. The molecule has 0 spiro atoms. The third-order valence-corrected chi connectivity index (χ3v) is 4.20. The van der Waals surface area contributed by atoms with Gasteiger partial charge < -0.3 is 4.74 Å². The maximum atomic E-state index is 12.2. The molecule has 0 fully saturated rings. The lowest BCUT2D eigenvalue weighted by atomic mass is 10.0. The highest BCUT2D eigenvalue weighted by molar-refractivity contribution is 6.44. The van der Waals surface area contributed by atoms with Crippen LogP contribution in [0.3, 0.4) is 0 Å². The van der Waals surface area contributed by atoms with Gasteiger partial charge in [0.2, 0.25) is 0 Å². The molecular formula is C17H15Cl3N2O4. The minimum Gasteiger partial charge on any atom is -0.444 e. The molecule has 138 valence electrons. The topological polar surface area (TPSA) is 81.5 Å². The molecular weight excluding hydrogens is 403 g/mol. The Bertz CT molecular complexity index is 879. The zero-order valence-electron chi connectivity index (χ0n) is 14.1. The summed E-state index contributed by atoms with van der Waals surface area (Å²) in [5.41, 5.74) is -0.429. The number of nitro groups is 1. The maximum Gasteiger partial charge on any atom is 0.412 e. The molecule has 0 aliphatic carbocycles. The van der Waals surface area contributed by atoms with E-state index in [0.717, 1.165) is 0 Å². The Hall–Kier alpha value is -2.02. The quantitative estimate of drug-likeness (QED) is 0.348. The molecule has 0 unspecified atom stereocenters. The van der Waals surface area contributed by atoms with Crippen molar-refractivity contribution >= 4 is 52.3 Å². The molecule has 0 heterocycles. The van der Waals surface area contributed by atoms with Gasteiger partial charge in [-0.15, -0.1) is 0 Å². The number of ether oxygens (including phenoxy) is 1. The van der Waals surface area contributed by atoms with Gasteiger partial charge in [-0.25, -0.2) is 4.79 Å². The van der Waals surface area contributed by atoms with E-state index in [1.807, 2.05) is 0 Å². The Labute approximate surface area is 165 Å². The number of nitrogens with one attached hydrogen (secondary N) is 1. The predicted molar refractivity (Wildman–Crippen MR) is 103 cm³/mol. The summed E-state index contributed by atoms with van der Waals surface area (Å²) in [5.74, 6) is 0. The molecule has 9 heteroatoms. The van der Waals surface area contributed by atoms with Crippen LogP contribution in [0.5, 0.6) is 0 Å². The van der Waals surface area contributed by atoms with E-state index < -0.39 is 16.6 Å². The van der Waals surface area contributed by atoms with Crippen LogP contribution in [-0.4, -0.2) is 16.6 Å². The van der Waals surface area contributed by atoms with Crippen LogP contribution in [0.4, 0.5) is 16.2 Å². The average molecular weight is 418 g/mol. The number of hydrogen-bond acceptors (Lipinski definition) is 4. The second-order valence-electron chi connectivity index (χ2n) is 6.33. The van der Waals surface area contributed by atoms with Crippen LogP contribution < -0.4 is 5.32 Å². The van der Waals surface area contributed by atoms with E-state index in [-0.39, 0.29) is 26.4 Å². The highest BCUT2D eigenvalue weighted by atomic mass is 35.5. The van der Waals surface area contributed by atoms with E-state index in [0.29, 0.717) is 11.1 Å². The van der Waals surface area contributed by atoms with Crippen LogP contribution >= 0.6 is 34.8 Å². The number of halogens is 3. The van der Waals surface area contributed by atoms with Crippen LogP contribution in [0.1, 0.15) is 20.8 Å². The molecule has 1 amide bonds. The summed E-state index contributed by atoms with van der Waals surface area (Å²) in [6.07, 6.45) is -0.829. The molecule has 0 saturated heterocycles. The van der Waals surface area contributed by atoms with Crippen molar-refractivity contribution in [1.29, 1.82) is 0 Å². The number of nitro benzene ring substituents is 1. The van der Waals surface area contributed by atoms with Crippen molar-refractivity contribution < 1.29 is 14.5 Å². The Morgan fingerprint density at radius 3 is 2.27 bits per heavy atom. The van der Waals surface area contributed by atoms with Gasteiger partial charge in [0.25, 0.3) is 5.69 Å². The van der Waals surface area contributed by atoms with Gasteiger partial charge in [0, 0.05) is 17.2 Å². The molecule has 0 aliphatic heterocycles. The number of carbonyl (C=O) groups excluding carboxylic acids is 1. The van der Waals surface area contributed by atoms with E-state index in [1.165, 1.54) is 24.3 Å². The fourth-order valence-electron chi connectivity index (χ4n) is 2.18. The minimum atomic E-state index is -0.829. The standard InChI is InChI=1S/C17H15Cl3N2O4/c1-17(2,3)26-16(23)21-15-9(5-4-6-14(15)22(24)25)10-7-12(19)13(20)8-11(10)18/h4-8H,1-3H3,(H,21,23).